The summed E-state index contributed by atoms with van der Waals surface area (Å²) >= 11 is 0. The summed E-state index contributed by atoms with van der Waals surface area (Å²) in [6, 6.07) is 0. The van der Waals surface area contributed by atoms with Crippen LogP contribution in [0.15, 0.2) is 11.1 Å². The molecule has 2 aliphatic rings. The second-order valence-corrected chi connectivity index (χ2v) is 7.82. The molecule has 3 atom stereocenters. The van der Waals surface area contributed by atoms with Crippen LogP contribution in [0.5, 0.6) is 0 Å². The van der Waals surface area contributed by atoms with Crippen molar-refractivity contribution in [2.24, 2.45) is 11.3 Å². The Morgan fingerprint density at radius 2 is 1.90 bits per heavy atom. The van der Waals surface area contributed by atoms with Gasteiger partial charge in [0.05, 0.1) is 11.7 Å². The highest BCUT2D eigenvalue weighted by atomic mass is 16.3. The van der Waals surface area contributed by atoms with Crippen LogP contribution in [0.1, 0.15) is 79.1 Å². The SMILES string of the molecule is CCCCC1=C2C[C@H](C(C)(C)O)CC[C@]2(C)CCC1O. The Morgan fingerprint density at radius 3 is 2.50 bits per heavy atom. The molecule has 0 heterocycles. The lowest BCUT2D eigenvalue weighted by atomic mass is 9.59. The van der Waals surface area contributed by atoms with Crippen LogP contribution in [0.25, 0.3) is 0 Å². The summed E-state index contributed by atoms with van der Waals surface area (Å²) < 4.78 is 0. The fraction of sp³-hybridized carbons (Fsp3) is 0.889. The highest BCUT2D eigenvalue weighted by molar-refractivity contribution is 5.30. The summed E-state index contributed by atoms with van der Waals surface area (Å²) in [6.45, 7) is 8.46. The topological polar surface area (TPSA) is 40.5 Å². The van der Waals surface area contributed by atoms with Crippen molar-refractivity contribution < 1.29 is 10.2 Å². The zero-order valence-corrected chi connectivity index (χ0v) is 13.7. The molecular weight excluding hydrogens is 248 g/mol. The van der Waals surface area contributed by atoms with Crippen molar-refractivity contribution in [1.29, 1.82) is 0 Å². The number of aliphatic hydroxyl groups is 2. The molecule has 20 heavy (non-hydrogen) atoms. The van der Waals surface area contributed by atoms with Crippen molar-refractivity contribution in [2.45, 2.75) is 90.8 Å². The van der Waals surface area contributed by atoms with Crippen molar-refractivity contribution in [2.75, 3.05) is 0 Å². The average molecular weight is 280 g/mol. The van der Waals surface area contributed by atoms with Gasteiger partial charge in [0.25, 0.3) is 0 Å². The summed E-state index contributed by atoms with van der Waals surface area (Å²) in [6.07, 6.45) is 8.44. The summed E-state index contributed by atoms with van der Waals surface area (Å²) in [5.41, 5.74) is 2.48. The molecule has 0 aromatic heterocycles. The zero-order valence-electron chi connectivity index (χ0n) is 13.7. The molecule has 1 fully saturated rings. The lowest BCUT2D eigenvalue weighted by Gasteiger charge is -2.48. The van der Waals surface area contributed by atoms with Crippen LogP contribution in [0.3, 0.4) is 0 Å². The van der Waals surface area contributed by atoms with Gasteiger partial charge in [-0.05, 0) is 75.7 Å². The predicted octanol–water partition coefficient (Wildman–Crippen LogP) is 4.21. The van der Waals surface area contributed by atoms with Gasteiger partial charge in [0.2, 0.25) is 0 Å². The Labute approximate surface area is 124 Å². The second kappa shape index (κ2) is 5.81. The standard InChI is InChI=1S/C18H32O2/c1-5-6-7-14-15-12-13(17(2,3)20)8-10-18(15,4)11-9-16(14)19/h13,16,19-20H,5-12H2,1-4H3/t13-,16?,18-/m1/s1. The Balaban J connectivity index is 2.30. The average Bonchev–Trinajstić information content (AvgIpc) is 2.36. The summed E-state index contributed by atoms with van der Waals surface area (Å²) in [4.78, 5) is 0. The molecule has 0 radical (unpaired) electrons. The van der Waals surface area contributed by atoms with E-state index in [0.717, 1.165) is 32.1 Å². The smallest absolute Gasteiger partial charge is 0.0753 e. The van der Waals surface area contributed by atoms with Crippen LogP contribution < -0.4 is 0 Å². The number of aliphatic hydroxyl groups excluding tert-OH is 1. The van der Waals surface area contributed by atoms with E-state index in [9.17, 15) is 10.2 Å². The van der Waals surface area contributed by atoms with Gasteiger partial charge in [-0.2, -0.15) is 0 Å². The van der Waals surface area contributed by atoms with Gasteiger partial charge in [0.1, 0.15) is 0 Å². The zero-order chi connectivity index (χ0) is 15.0. The van der Waals surface area contributed by atoms with Gasteiger partial charge in [0.15, 0.2) is 0 Å². The van der Waals surface area contributed by atoms with Crippen LogP contribution in [-0.2, 0) is 0 Å². The molecule has 0 spiro atoms. The van der Waals surface area contributed by atoms with E-state index >= 15 is 0 Å². The molecule has 1 saturated carbocycles. The molecule has 0 aromatic carbocycles. The van der Waals surface area contributed by atoms with Gasteiger partial charge in [-0.15, -0.1) is 0 Å². The number of allylic oxidation sites excluding steroid dienone is 1. The highest BCUT2D eigenvalue weighted by Gasteiger charge is 2.44. The number of rotatable bonds is 4. The third-order valence-corrected chi connectivity index (χ3v) is 5.78. The molecule has 2 aliphatic carbocycles. The Morgan fingerprint density at radius 1 is 1.25 bits per heavy atom. The van der Waals surface area contributed by atoms with Crippen LogP contribution in [-0.4, -0.2) is 21.9 Å². The first kappa shape index (κ1) is 16.0. The summed E-state index contributed by atoms with van der Waals surface area (Å²) in [7, 11) is 0. The lowest BCUT2D eigenvalue weighted by Crippen LogP contribution is -2.41. The Hall–Kier alpha value is -0.340. The molecule has 2 N–H and O–H groups in total. The van der Waals surface area contributed by atoms with Crippen molar-refractivity contribution in [3.05, 3.63) is 11.1 Å². The maximum absolute atomic E-state index is 10.4. The molecule has 0 amide bonds. The van der Waals surface area contributed by atoms with Gasteiger partial charge >= 0.3 is 0 Å². The molecular formula is C18H32O2. The second-order valence-electron chi connectivity index (χ2n) is 7.82. The minimum Gasteiger partial charge on any atom is -0.390 e. The number of hydrogen-bond donors (Lipinski definition) is 2. The third-order valence-electron chi connectivity index (χ3n) is 5.78. The number of fused-ring (bicyclic) bond motifs is 1. The number of hydrogen-bond acceptors (Lipinski definition) is 2. The van der Waals surface area contributed by atoms with E-state index in [-0.39, 0.29) is 11.5 Å². The molecule has 0 saturated heterocycles. The first-order valence-electron chi connectivity index (χ1n) is 8.41. The summed E-state index contributed by atoms with van der Waals surface area (Å²) in [5.74, 6) is 0.340. The molecule has 116 valence electrons. The Kier molecular flexibility index (Phi) is 4.66. The van der Waals surface area contributed by atoms with E-state index in [2.05, 4.69) is 13.8 Å². The molecule has 2 nitrogen and oxygen atoms in total. The van der Waals surface area contributed by atoms with Gasteiger partial charge in [-0.3, -0.25) is 0 Å². The molecule has 2 heteroatoms. The first-order valence-corrected chi connectivity index (χ1v) is 8.41. The van der Waals surface area contributed by atoms with Crippen molar-refractivity contribution in [1.82, 2.24) is 0 Å². The van der Waals surface area contributed by atoms with E-state index in [4.69, 9.17) is 0 Å². The first-order chi connectivity index (χ1) is 9.28. The van der Waals surface area contributed by atoms with E-state index < -0.39 is 5.60 Å². The van der Waals surface area contributed by atoms with E-state index in [1.165, 1.54) is 30.4 Å². The van der Waals surface area contributed by atoms with Crippen LogP contribution in [0.2, 0.25) is 0 Å². The van der Waals surface area contributed by atoms with E-state index in [0.29, 0.717) is 5.92 Å². The third kappa shape index (κ3) is 3.12. The maximum Gasteiger partial charge on any atom is 0.0753 e. The summed E-state index contributed by atoms with van der Waals surface area (Å²) in [5, 5.41) is 20.8. The van der Waals surface area contributed by atoms with E-state index in [1.54, 1.807) is 0 Å². The van der Waals surface area contributed by atoms with Gasteiger partial charge in [0, 0.05) is 0 Å². The largest absolute Gasteiger partial charge is 0.390 e. The molecule has 0 aromatic rings. The quantitative estimate of drug-likeness (QED) is 0.757. The highest BCUT2D eigenvalue weighted by Crippen LogP contribution is 2.53. The maximum atomic E-state index is 10.4. The van der Waals surface area contributed by atoms with Crippen molar-refractivity contribution >= 4 is 0 Å². The fourth-order valence-electron chi connectivity index (χ4n) is 4.15. The molecule has 2 rings (SSSR count). The minimum absolute atomic E-state index is 0.231. The lowest BCUT2D eigenvalue weighted by molar-refractivity contribution is -0.00760. The number of unbranched alkanes of at least 4 members (excludes halogenated alkanes) is 1. The van der Waals surface area contributed by atoms with Gasteiger partial charge in [-0.1, -0.05) is 25.8 Å². The van der Waals surface area contributed by atoms with Crippen molar-refractivity contribution in [3.63, 3.8) is 0 Å². The molecule has 0 aliphatic heterocycles. The van der Waals surface area contributed by atoms with Crippen molar-refractivity contribution in [3.8, 4) is 0 Å². The van der Waals surface area contributed by atoms with Gasteiger partial charge < -0.3 is 10.2 Å². The van der Waals surface area contributed by atoms with Crippen LogP contribution in [0, 0.1) is 11.3 Å². The Bertz CT molecular complexity index is 377. The fourth-order valence-corrected chi connectivity index (χ4v) is 4.15. The van der Waals surface area contributed by atoms with Gasteiger partial charge in [-0.25, -0.2) is 0 Å². The minimum atomic E-state index is -0.605. The normalized spacial score (nSPS) is 35.1. The molecule has 0 bridgehead atoms. The predicted molar refractivity (Wildman–Crippen MR) is 83.5 cm³/mol. The van der Waals surface area contributed by atoms with Crippen LogP contribution >= 0.6 is 0 Å². The molecule has 1 unspecified atom stereocenters. The van der Waals surface area contributed by atoms with E-state index in [1.807, 2.05) is 13.8 Å². The monoisotopic (exact) mass is 280 g/mol. The van der Waals surface area contributed by atoms with Crippen LogP contribution in [0.4, 0.5) is 0 Å².